The molecule has 0 saturated heterocycles. The van der Waals surface area contributed by atoms with Gasteiger partial charge >= 0.3 is 8.60 Å². The number of hydrogen-bond acceptors (Lipinski definition) is 18. The van der Waals surface area contributed by atoms with E-state index in [1.165, 1.54) is 38.6 Å². The molecule has 2 aromatic heterocycles. The van der Waals surface area contributed by atoms with Gasteiger partial charge in [-0.3, -0.25) is 4.57 Å². The Balaban J connectivity index is 1.61. The summed E-state index contributed by atoms with van der Waals surface area (Å²) >= 11 is 0. The van der Waals surface area contributed by atoms with Gasteiger partial charge in [0.15, 0.2) is 23.2 Å². The Morgan fingerprint density at radius 1 is 0.804 bits per heavy atom. The third-order valence-corrected chi connectivity index (χ3v) is 6.89. The first kappa shape index (κ1) is 40.4. The zero-order chi connectivity index (χ0) is 33.2. The molecular formula is C26H49N6O13P. The van der Waals surface area contributed by atoms with Gasteiger partial charge in [-0.05, 0) is 19.4 Å². The Bertz CT molecular complexity index is 1010. The monoisotopic (exact) mass is 684 g/mol. The molecule has 0 radical (unpaired) electrons. The summed E-state index contributed by atoms with van der Waals surface area (Å²) in [4.78, 5) is 21.9. The first-order valence-electron chi connectivity index (χ1n) is 14.8. The lowest BCUT2D eigenvalue weighted by atomic mass is 10.2. The number of aliphatic hydroxyl groups excluding tert-OH is 2. The van der Waals surface area contributed by atoms with E-state index in [1.54, 1.807) is 0 Å². The van der Waals surface area contributed by atoms with Crippen LogP contribution in [-0.4, -0.2) is 149 Å². The van der Waals surface area contributed by atoms with E-state index in [0.29, 0.717) is 103 Å². The molecule has 0 spiro atoms. The third-order valence-electron chi connectivity index (χ3n) is 5.99. The fourth-order valence-corrected chi connectivity index (χ4v) is 4.32. The van der Waals surface area contributed by atoms with Gasteiger partial charge in [-0.15, -0.1) is 0 Å². The molecule has 0 aliphatic heterocycles. The van der Waals surface area contributed by atoms with Crippen LogP contribution in [0.5, 0.6) is 0 Å². The quantitative estimate of drug-likeness (QED) is 0.0363. The van der Waals surface area contributed by atoms with Crippen molar-refractivity contribution in [2.24, 2.45) is 5.73 Å². The number of rotatable bonds is 31. The van der Waals surface area contributed by atoms with Crippen molar-refractivity contribution in [1.29, 1.82) is 0 Å². The fourth-order valence-electron chi connectivity index (χ4n) is 3.70. The topological polar surface area (TPSA) is 224 Å². The first-order chi connectivity index (χ1) is 22.6. The second-order valence-electron chi connectivity index (χ2n) is 9.21. The molecule has 2 rings (SSSR count). The average Bonchev–Trinajstić information content (AvgIpc) is 3.51. The van der Waals surface area contributed by atoms with Gasteiger partial charge in [-0.2, -0.15) is 9.35 Å². The molecule has 0 bridgehead atoms. The summed E-state index contributed by atoms with van der Waals surface area (Å²) in [5.74, 6) is 0.473. The number of imidazole rings is 1. The van der Waals surface area contributed by atoms with Crippen LogP contribution in [0, 0.1) is 0 Å². The lowest BCUT2D eigenvalue weighted by Gasteiger charge is -2.26. The van der Waals surface area contributed by atoms with Crippen LogP contribution in [0.25, 0.3) is 11.2 Å². The number of nitrogens with two attached hydrogens (primary N) is 1. The molecule has 0 aliphatic rings. The fraction of sp³-hybridized carbons (Fsp3) is 0.808. The molecule has 0 saturated carbocycles. The van der Waals surface area contributed by atoms with E-state index in [-0.39, 0.29) is 6.61 Å². The van der Waals surface area contributed by atoms with Crippen LogP contribution >= 0.6 is 8.60 Å². The van der Waals surface area contributed by atoms with E-state index in [4.69, 9.17) is 48.0 Å². The summed E-state index contributed by atoms with van der Waals surface area (Å²) in [6.45, 7) is 6.13. The van der Waals surface area contributed by atoms with Crippen molar-refractivity contribution in [3.05, 3.63) is 12.7 Å². The van der Waals surface area contributed by atoms with Gasteiger partial charge < -0.3 is 54.2 Å². The molecule has 2 aromatic rings. The normalized spacial score (nSPS) is 13.9. The van der Waals surface area contributed by atoms with Gasteiger partial charge in [-0.1, -0.05) is 0 Å². The van der Waals surface area contributed by atoms with E-state index >= 15 is 0 Å². The Labute approximate surface area is 269 Å². The van der Waals surface area contributed by atoms with E-state index in [1.807, 2.05) is 0 Å². The van der Waals surface area contributed by atoms with Gasteiger partial charge in [0.05, 0.1) is 80.0 Å². The van der Waals surface area contributed by atoms with Crippen LogP contribution in [0.15, 0.2) is 12.7 Å². The molecule has 20 heteroatoms. The smallest absolute Gasteiger partial charge is 0.386 e. The lowest BCUT2D eigenvalue weighted by Crippen LogP contribution is -2.39. The Morgan fingerprint density at radius 2 is 1.37 bits per heavy atom. The number of ether oxygens (including phenoxy) is 6. The highest BCUT2D eigenvalue weighted by molar-refractivity contribution is 7.41. The van der Waals surface area contributed by atoms with Crippen LogP contribution in [0.1, 0.15) is 19.1 Å². The molecule has 266 valence electrons. The van der Waals surface area contributed by atoms with Crippen molar-refractivity contribution in [1.82, 2.24) is 19.5 Å². The standard InChI is InChI=1S/C26H49N6O13P/c1-35-21(18-43-46(44-36-2)45-37-3)23(33)26(34)32-20-31-22-24(29-19-30-25(22)32)28-7-5-9-39-11-13-41-15-17-42-16-14-40-12-10-38-8-4-6-27/h19-21,23,26,33-34H,4-18,27H2,1-3H3,(H,28,29,30). The molecule has 0 aromatic carbocycles. The number of hydrogen-bond donors (Lipinski definition) is 4. The number of aliphatic hydroxyl groups is 2. The van der Waals surface area contributed by atoms with Crippen molar-refractivity contribution >= 4 is 25.6 Å². The highest BCUT2D eigenvalue weighted by atomic mass is 31.2. The van der Waals surface area contributed by atoms with Crippen LogP contribution in [0.3, 0.4) is 0 Å². The summed E-state index contributed by atoms with van der Waals surface area (Å²) < 4.78 is 48.9. The Morgan fingerprint density at radius 3 is 1.91 bits per heavy atom. The second kappa shape index (κ2) is 26.2. The molecular weight excluding hydrogens is 635 g/mol. The van der Waals surface area contributed by atoms with Crippen molar-refractivity contribution < 1.29 is 62.3 Å². The number of nitrogens with zero attached hydrogens (tertiary/aromatic N) is 4. The number of fused-ring (bicyclic) bond motifs is 1. The Hall–Kier alpha value is -1.78. The van der Waals surface area contributed by atoms with Crippen molar-refractivity contribution in [3.8, 4) is 0 Å². The molecule has 5 N–H and O–H groups in total. The SMILES string of the molecule is COOP(OCC(OC)C(O)C(O)n1cnc2c(NCCCOCCOCCOCCOCCOCCCN)ncnc21)OOC. The lowest BCUT2D eigenvalue weighted by molar-refractivity contribution is -0.247. The second-order valence-corrected chi connectivity index (χ2v) is 10.2. The van der Waals surface area contributed by atoms with Gasteiger partial charge in [0.1, 0.15) is 18.5 Å². The van der Waals surface area contributed by atoms with Crippen LogP contribution < -0.4 is 11.1 Å². The summed E-state index contributed by atoms with van der Waals surface area (Å²) in [5, 5.41) is 24.9. The zero-order valence-corrected chi connectivity index (χ0v) is 27.6. The summed E-state index contributed by atoms with van der Waals surface area (Å²) in [7, 11) is 1.86. The highest BCUT2D eigenvalue weighted by Crippen LogP contribution is 2.40. The van der Waals surface area contributed by atoms with Gasteiger partial charge in [0.25, 0.3) is 0 Å². The predicted molar refractivity (Wildman–Crippen MR) is 163 cm³/mol. The number of anilines is 1. The first-order valence-corrected chi connectivity index (χ1v) is 15.9. The summed E-state index contributed by atoms with van der Waals surface area (Å²) in [5.41, 5.74) is 6.12. The molecule has 0 amide bonds. The maximum atomic E-state index is 10.9. The average molecular weight is 685 g/mol. The largest absolute Gasteiger partial charge is 0.392 e. The highest BCUT2D eigenvalue weighted by Gasteiger charge is 2.31. The van der Waals surface area contributed by atoms with Crippen LogP contribution in [0.2, 0.25) is 0 Å². The molecule has 19 nitrogen and oxygen atoms in total. The summed E-state index contributed by atoms with van der Waals surface area (Å²) in [6, 6.07) is 0. The predicted octanol–water partition coefficient (Wildman–Crippen LogP) is 0.326. The van der Waals surface area contributed by atoms with Crippen LogP contribution in [-0.2, 0) is 52.1 Å². The van der Waals surface area contributed by atoms with E-state index in [2.05, 4.69) is 30.0 Å². The maximum absolute atomic E-state index is 10.9. The molecule has 3 unspecified atom stereocenters. The molecule has 2 heterocycles. The van der Waals surface area contributed by atoms with Crippen molar-refractivity contribution in [2.75, 3.05) is 112 Å². The molecule has 46 heavy (non-hydrogen) atoms. The maximum Gasteiger partial charge on any atom is 0.392 e. The van der Waals surface area contributed by atoms with Crippen molar-refractivity contribution in [2.45, 2.75) is 31.3 Å². The molecule has 0 aliphatic carbocycles. The van der Waals surface area contributed by atoms with Gasteiger partial charge in [0.2, 0.25) is 0 Å². The number of aromatic nitrogens is 4. The molecule has 0 fully saturated rings. The van der Waals surface area contributed by atoms with Gasteiger partial charge in [0, 0.05) is 26.9 Å². The van der Waals surface area contributed by atoms with E-state index in [9.17, 15) is 10.2 Å². The molecule has 3 atom stereocenters. The van der Waals surface area contributed by atoms with Crippen LogP contribution in [0.4, 0.5) is 5.82 Å². The van der Waals surface area contributed by atoms with Gasteiger partial charge in [-0.25, -0.2) is 24.7 Å². The minimum Gasteiger partial charge on any atom is -0.386 e. The number of methoxy groups -OCH3 is 1. The number of nitrogens with one attached hydrogen (secondary N) is 1. The van der Waals surface area contributed by atoms with Crippen molar-refractivity contribution in [3.63, 3.8) is 0 Å². The summed E-state index contributed by atoms with van der Waals surface area (Å²) in [6.07, 6.45) is 0.347. The van der Waals surface area contributed by atoms with E-state index < -0.39 is 27.0 Å². The zero-order valence-electron chi connectivity index (χ0n) is 26.7. The Kier molecular flexibility index (Phi) is 23.0. The minimum atomic E-state index is -2.03. The third kappa shape index (κ3) is 15.9. The minimum absolute atomic E-state index is 0.214. The van der Waals surface area contributed by atoms with E-state index in [0.717, 1.165) is 6.42 Å².